The molecule has 0 aromatic heterocycles. The standard InChI is InChI=1S/C19H20O2/c1-13(2)15-9-11-17(12-10-15)19(21)14(3)18(20)16-7-5-4-6-8-16/h4-14H,1-3H3. The van der Waals surface area contributed by atoms with E-state index in [0.717, 1.165) is 0 Å². The smallest absolute Gasteiger partial charge is 0.173 e. The Hall–Kier alpha value is -2.22. The van der Waals surface area contributed by atoms with Gasteiger partial charge in [0.15, 0.2) is 11.6 Å². The van der Waals surface area contributed by atoms with E-state index in [4.69, 9.17) is 0 Å². The lowest BCUT2D eigenvalue weighted by Crippen LogP contribution is -2.21. The summed E-state index contributed by atoms with van der Waals surface area (Å²) in [4.78, 5) is 24.7. The summed E-state index contributed by atoms with van der Waals surface area (Å²) in [5.41, 5.74) is 2.36. The third-order valence-electron chi connectivity index (χ3n) is 3.71. The molecule has 0 heterocycles. The van der Waals surface area contributed by atoms with Gasteiger partial charge in [0.1, 0.15) is 0 Å². The lowest BCUT2D eigenvalue weighted by atomic mass is 9.90. The minimum absolute atomic E-state index is 0.126. The van der Waals surface area contributed by atoms with Gasteiger partial charge in [-0.3, -0.25) is 9.59 Å². The number of ketones is 2. The largest absolute Gasteiger partial charge is 0.293 e. The van der Waals surface area contributed by atoms with Crippen molar-refractivity contribution in [3.63, 3.8) is 0 Å². The normalized spacial score (nSPS) is 12.2. The van der Waals surface area contributed by atoms with E-state index in [1.54, 1.807) is 19.1 Å². The molecule has 2 rings (SSSR count). The Kier molecular flexibility index (Phi) is 4.69. The second kappa shape index (κ2) is 6.49. The lowest BCUT2D eigenvalue weighted by molar-refractivity contribution is 0.0820. The van der Waals surface area contributed by atoms with Crippen molar-refractivity contribution in [3.05, 3.63) is 71.3 Å². The van der Waals surface area contributed by atoms with Gasteiger partial charge in [0, 0.05) is 11.1 Å². The Morgan fingerprint density at radius 3 is 1.67 bits per heavy atom. The molecule has 0 fully saturated rings. The van der Waals surface area contributed by atoms with Crippen LogP contribution < -0.4 is 0 Å². The van der Waals surface area contributed by atoms with Crippen molar-refractivity contribution in [1.29, 1.82) is 0 Å². The zero-order valence-corrected chi connectivity index (χ0v) is 12.7. The van der Waals surface area contributed by atoms with E-state index in [1.165, 1.54) is 5.56 Å². The highest BCUT2D eigenvalue weighted by molar-refractivity contribution is 6.15. The van der Waals surface area contributed by atoms with E-state index in [-0.39, 0.29) is 11.6 Å². The van der Waals surface area contributed by atoms with E-state index in [0.29, 0.717) is 17.0 Å². The maximum Gasteiger partial charge on any atom is 0.173 e. The van der Waals surface area contributed by atoms with Gasteiger partial charge in [-0.25, -0.2) is 0 Å². The molecule has 2 heteroatoms. The average molecular weight is 280 g/mol. The Morgan fingerprint density at radius 1 is 0.714 bits per heavy atom. The number of benzene rings is 2. The molecule has 2 aromatic carbocycles. The van der Waals surface area contributed by atoms with Crippen LogP contribution in [0.4, 0.5) is 0 Å². The van der Waals surface area contributed by atoms with Crippen LogP contribution in [-0.2, 0) is 0 Å². The molecule has 2 aromatic rings. The van der Waals surface area contributed by atoms with Crippen molar-refractivity contribution >= 4 is 11.6 Å². The monoisotopic (exact) mass is 280 g/mol. The first-order valence-electron chi connectivity index (χ1n) is 7.24. The molecule has 21 heavy (non-hydrogen) atoms. The van der Waals surface area contributed by atoms with Gasteiger partial charge in [-0.1, -0.05) is 68.4 Å². The van der Waals surface area contributed by atoms with Crippen molar-refractivity contribution in [1.82, 2.24) is 0 Å². The van der Waals surface area contributed by atoms with Gasteiger partial charge in [-0.2, -0.15) is 0 Å². The number of carbonyl (C=O) groups excluding carboxylic acids is 2. The molecular formula is C19H20O2. The molecule has 2 nitrogen and oxygen atoms in total. The first-order chi connectivity index (χ1) is 10.0. The molecule has 0 aliphatic rings. The van der Waals surface area contributed by atoms with Crippen LogP contribution in [0.15, 0.2) is 54.6 Å². The van der Waals surface area contributed by atoms with Crippen molar-refractivity contribution in [2.45, 2.75) is 26.7 Å². The van der Waals surface area contributed by atoms with E-state index in [2.05, 4.69) is 13.8 Å². The Bertz CT molecular complexity index is 624. The molecule has 0 aliphatic heterocycles. The summed E-state index contributed by atoms with van der Waals surface area (Å²) < 4.78 is 0. The van der Waals surface area contributed by atoms with Gasteiger partial charge < -0.3 is 0 Å². The molecule has 0 saturated carbocycles. The van der Waals surface area contributed by atoms with Crippen LogP contribution in [-0.4, -0.2) is 11.6 Å². The predicted molar refractivity (Wildman–Crippen MR) is 84.8 cm³/mol. The van der Waals surface area contributed by atoms with E-state index in [1.807, 2.05) is 42.5 Å². The van der Waals surface area contributed by atoms with Gasteiger partial charge in [0.05, 0.1) is 5.92 Å². The summed E-state index contributed by atoms with van der Waals surface area (Å²) >= 11 is 0. The van der Waals surface area contributed by atoms with Crippen molar-refractivity contribution < 1.29 is 9.59 Å². The van der Waals surface area contributed by atoms with Gasteiger partial charge in [0.25, 0.3) is 0 Å². The van der Waals surface area contributed by atoms with Gasteiger partial charge in [0.2, 0.25) is 0 Å². The summed E-state index contributed by atoms with van der Waals surface area (Å²) in [6, 6.07) is 16.5. The number of hydrogen-bond donors (Lipinski definition) is 0. The van der Waals surface area contributed by atoms with Crippen LogP contribution in [0, 0.1) is 5.92 Å². The molecular weight excluding hydrogens is 260 g/mol. The minimum atomic E-state index is -0.655. The van der Waals surface area contributed by atoms with Crippen LogP contribution in [0.1, 0.15) is 53.0 Å². The SMILES string of the molecule is CC(C(=O)c1ccccc1)C(=O)c1ccc(C(C)C)cc1. The molecule has 1 unspecified atom stereocenters. The minimum Gasteiger partial charge on any atom is -0.293 e. The first kappa shape index (κ1) is 15.2. The summed E-state index contributed by atoms with van der Waals surface area (Å²) in [6.45, 7) is 5.89. The molecule has 0 spiro atoms. The van der Waals surface area contributed by atoms with E-state index >= 15 is 0 Å². The predicted octanol–water partition coefficient (Wildman–Crippen LogP) is 4.51. The zero-order valence-electron chi connectivity index (χ0n) is 12.7. The topological polar surface area (TPSA) is 34.1 Å². The summed E-state index contributed by atoms with van der Waals surface area (Å²) in [6.07, 6.45) is 0. The molecule has 0 N–H and O–H groups in total. The summed E-state index contributed by atoms with van der Waals surface area (Å²) in [5.74, 6) is -0.484. The number of hydrogen-bond acceptors (Lipinski definition) is 2. The van der Waals surface area contributed by atoms with Crippen LogP contribution >= 0.6 is 0 Å². The van der Waals surface area contributed by atoms with E-state index < -0.39 is 5.92 Å². The first-order valence-corrected chi connectivity index (χ1v) is 7.24. The van der Waals surface area contributed by atoms with E-state index in [9.17, 15) is 9.59 Å². The molecule has 0 saturated heterocycles. The molecule has 0 aliphatic carbocycles. The highest BCUT2D eigenvalue weighted by Gasteiger charge is 2.23. The number of carbonyl (C=O) groups is 2. The lowest BCUT2D eigenvalue weighted by Gasteiger charge is -2.11. The highest BCUT2D eigenvalue weighted by atomic mass is 16.1. The quantitative estimate of drug-likeness (QED) is 0.596. The van der Waals surface area contributed by atoms with Gasteiger partial charge in [-0.05, 0) is 18.4 Å². The second-order valence-electron chi connectivity index (χ2n) is 5.59. The fourth-order valence-electron chi connectivity index (χ4n) is 2.25. The van der Waals surface area contributed by atoms with Crippen LogP contribution in [0.5, 0.6) is 0 Å². The molecule has 0 bridgehead atoms. The summed E-state index contributed by atoms with van der Waals surface area (Å²) in [5, 5.41) is 0. The summed E-state index contributed by atoms with van der Waals surface area (Å²) in [7, 11) is 0. The van der Waals surface area contributed by atoms with Crippen LogP contribution in [0.3, 0.4) is 0 Å². The maximum absolute atomic E-state index is 12.4. The van der Waals surface area contributed by atoms with Crippen molar-refractivity contribution in [2.75, 3.05) is 0 Å². The number of Topliss-reactive ketones (excluding diaryl/α,β-unsaturated/α-hetero) is 2. The third-order valence-corrected chi connectivity index (χ3v) is 3.71. The molecule has 0 amide bonds. The Morgan fingerprint density at radius 2 is 1.19 bits per heavy atom. The molecule has 108 valence electrons. The molecule has 1 atom stereocenters. The fourth-order valence-corrected chi connectivity index (χ4v) is 2.25. The van der Waals surface area contributed by atoms with Crippen LogP contribution in [0.25, 0.3) is 0 Å². The van der Waals surface area contributed by atoms with Crippen LogP contribution in [0.2, 0.25) is 0 Å². The Labute approximate surface area is 125 Å². The number of rotatable bonds is 5. The second-order valence-corrected chi connectivity index (χ2v) is 5.59. The maximum atomic E-state index is 12.4. The van der Waals surface area contributed by atoms with Crippen molar-refractivity contribution in [3.8, 4) is 0 Å². The van der Waals surface area contributed by atoms with Crippen molar-refractivity contribution in [2.24, 2.45) is 5.92 Å². The van der Waals surface area contributed by atoms with Gasteiger partial charge >= 0.3 is 0 Å². The average Bonchev–Trinajstić information content (AvgIpc) is 2.53. The zero-order chi connectivity index (χ0) is 15.4. The third kappa shape index (κ3) is 3.46. The molecule has 0 radical (unpaired) electrons. The highest BCUT2D eigenvalue weighted by Crippen LogP contribution is 2.18. The Balaban J connectivity index is 2.17. The van der Waals surface area contributed by atoms with Gasteiger partial charge in [-0.15, -0.1) is 0 Å². The fraction of sp³-hybridized carbons (Fsp3) is 0.263.